The molecule has 0 fully saturated rings. The fourth-order valence-electron chi connectivity index (χ4n) is 2.40. The van der Waals surface area contributed by atoms with Gasteiger partial charge in [0.15, 0.2) is 17.5 Å². The molecule has 0 aliphatic carbocycles. The first kappa shape index (κ1) is 20.7. The van der Waals surface area contributed by atoms with Crippen molar-refractivity contribution in [1.29, 1.82) is 0 Å². The van der Waals surface area contributed by atoms with Gasteiger partial charge < -0.3 is 25.3 Å². The van der Waals surface area contributed by atoms with E-state index in [9.17, 15) is 0 Å². The van der Waals surface area contributed by atoms with E-state index in [0.717, 1.165) is 17.0 Å². The van der Waals surface area contributed by atoms with Crippen molar-refractivity contribution in [3.05, 3.63) is 47.0 Å². The second kappa shape index (κ2) is 9.92. The summed E-state index contributed by atoms with van der Waals surface area (Å²) in [5.41, 5.74) is 7.67. The van der Waals surface area contributed by atoms with Crippen molar-refractivity contribution < 1.29 is 14.2 Å². The van der Waals surface area contributed by atoms with Crippen molar-refractivity contribution in [2.24, 2.45) is 10.7 Å². The van der Waals surface area contributed by atoms with Crippen molar-refractivity contribution >= 4 is 23.2 Å². The van der Waals surface area contributed by atoms with Gasteiger partial charge in [-0.15, -0.1) is 0 Å². The number of rotatable bonds is 8. The van der Waals surface area contributed by atoms with Crippen LogP contribution in [0.2, 0.25) is 5.02 Å². The Morgan fingerprint density at radius 1 is 1.22 bits per heavy atom. The standard InChI is InChI=1S/C20H26ClN3O3/c1-5-26-19-17(21)10-14(11-18(19)25-4)12-23-20(22)24-15-6-8-16(9-7-15)27-13(2)3/h6-11,13H,5,12H2,1-4H3,(H3,22,23,24). The van der Waals surface area contributed by atoms with Crippen molar-refractivity contribution in [3.63, 3.8) is 0 Å². The maximum Gasteiger partial charge on any atom is 0.193 e. The third-order valence-corrected chi connectivity index (χ3v) is 3.79. The number of nitrogens with zero attached hydrogens (tertiary/aromatic N) is 1. The molecule has 0 atom stereocenters. The Kier molecular flexibility index (Phi) is 7.61. The predicted molar refractivity (Wildman–Crippen MR) is 110 cm³/mol. The molecule has 3 N–H and O–H groups in total. The van der Waals surface area contributed by atoms with E-state index in [1.807, 2.05) is 51.1 Å². The van der Waals surface area contributed by atoms with Gasteiger partial charge in [-0.3, -0.25) is 0 Å². The van der Waals surface area contributed by atoms with Crippen LogP contribution in [-0.2, 0) is 6.54 Å². The van der Waals surface area contributed by atoms with E-state index in [0.29, 0.717) is 35.6 Å². The van der Waals surface area contributed by atoms with Gasteiger partial charge in [-0.05, 0) is 62.7 Å². The molecule has 7 heteroatoms. The molecule has 2 aromatic rings. The Bertz CT molecular complexity index is 777. The number of methoxy groups -OCH3 is 1. The summed E-state index contributed by atoms with van der Waals surface area (Å²) in [6, 6.07) is 11.2. The summed E-state index contributed by atoms with van der Waals surface area (Å²) in [6.45, 7) is 6.72. The van der Waals surface area contributed by atoms with Crippen LogP contribution in [0.1, 0.15) is 26.3 Å². The van der Waals surface area contributed by atoms with Crippen LogP contribution >= 0.6 is 11.6 Å². The van der Waals surface area contributed by atoms with Crippen molar-refractivity contribution in [3.8, 4) is 17.2 Å². The number of anilines is 1. The van der Waals surface area contributed by atoms with E-state index in [2.05, 4.69) is 10.3 Å². The highest BCUT2D eigenvalue weighted by molar-refractivity contribution is 6.32. The molecule has 2 aromatic carbocycles. The topological polar surface area (TPSA) is 78.1 Å². The molecular formula is C20H26ClN3O3. The molecule has 0 saturated carbocycles. The van der Waals surface area contributed by atoms with Crippen molar-refractivity contribution in [2.45, 2.75) is 33.4 Å². The van der Waals surface area contributed by atoms with Crippen LogP contribution in [0.3, 0.4) is 0 Å². The summed E-state index contributed by atoms with van der Waals surface area (Å²) in [5.74, 6) is 2.21. The fraction of sp³-hybridized carbons (Fsp3) is 0.350. The van der Waals surface area contributed by atoms with Crippen LogP contribution in [0.25, 0.3) is 0 Å². The first-order chi connectivity index (χ1) is 12.9. The van der Waals surface area contributed by atoms with Crippen LogP contribution in [0.15, 0.2) is 41.4 Å². The van der Waals surface area contributed by atoms with Gasteiger partial charge in [0.25, 0.3) is 0 Å². The number of benzene rings is 2. The van der Waals surface area contributed by atoms with Gasteiger partial charge in [-0.1, -0.05) is 11.6 Å². The number of ether oxygens (including phenoxy) is 3. The summed E-state index contributed by atoms with van der Waals surface area (Å²) in [7, 11) is 1.57. The quantitative estimate of drug-likeness (QED) is 0.513. The largest absolute Gasteiger partial charge is 0.493 e. The minimum Gasteiger partial charge on any atom is -0.493 e. The third kappa shape index (κ3) is 6.25. The van der Waals surface area contributed by atoms with Gasteiger partial charge in [0.05, 0.1) is 31.4 Å². The molecule has 0 aliphatic rings. The number of hydrogen-bond donors (Lipinski definition) is 2. The molecule has 0 aromatic heterocycles. The second-order valence-corrected chi connectivity index (χ2v) is 6.47. The van der Waals surface area contributed by atoms with Crippen LogP contribution in [0, 0.1) is 0 Å². The molecule has 0 unspecified atom stereocenters. The maximum atomic E-state index is 6.28. The summed E-state index contributed by atoms with van der Waals surface area (Å²) < 4.78 is 16.5. The van der Waals surface area contributed by atoms with E-state index >= 15 is 0 Å². The monoisotopic (exact) mass is 391 g/mol. The molecule has 0 bridgehead atoms. The van der Waals surface area contributed by atoms with Crippen LogP contribution in [0.5, 0.6) is 17.2 Å². The minimum atomic E-state index is 0.133. The maximum absolute atomic E-state index is 6.28. The highest BCUT2D eigenvalue weighted by atomic mass is 35.5. The lowest BCUT2D eigenvalue weighted by atomic mass is 10.2. The predicted octanol–water partition coefficient (Wildman–Crippen LogP) is 4.46. The molecule has 27 heavy (non-hydrogen) atoms. The van der Waals surface area contributed by atoms with Gasteiger partial charge in [0, 0.05) is 5.69 Å². The Balaban J connectivity index is 2.03. The average molecular weight is 392 g/mol. The molecule has 0 radical (unpaired) electrons. The van der Waals surface area contributed by atoms with E-state index in [4.69, 9.17) is 31.5 Å². The Labute approximate surface area is 165 Å². The van der Waals surface area contributed by atoms with Gasteiger partial charge in [-0.25, -0.2) is 4.99 Å². The minimum absolute atomic E-state index is 0.133. The lowest BCUT2D eigenvalue weighted by Gasteiger charge is -2.13. The Hall–Kier alpha value is -2.60. The van der Waals surface area contributed by atoms with E-state index in [1.54, 1.807) is 13.2 Å². The highest BCUT2D eigenvalue weighted by Crippen LogP contribution is 2.36. The summed E-state index contributed by atoms with van der Waals surface area (Å²) in [4.78, 5) is 4.35. The second-order valence-electron chi connectivity index (χ2n) is 6.06. The zero-order chi connectivity index (χ0) is 19.8. The first-order valence-corrected chi connectivity index (χ1v) is 9.13. The normalized spacial score (nSPS) is 11.4. The molecule has 0 aliphatic heterocycles. The number of nitrogens with one attached hydrogen (secondary N) is 1. The van der Waals surface area contributed by atoms with Crippen molar-refractivity contribution in [1.82, 2.24) is 0 Å². The number of hydrogen-bond acceptors (Lipinski definition) is 4. The van der Waals surface area contributed by atoms with Gasteiger partial charge >= 0.3 is 0 Å². The summed E-state index contributed by atoms with van der Waals surface area (Å²) in [6.07, 6.45) is 0.133. The summed E-state index contributed by atoms with van der Waals surface area (Å²) in [5, 5.41) is 3.53. The molecule has 146 valence electrons. The molecule has 0 heterocycles. The number of guanidine groups is 1. The number of nitrogens with two attached hydrogens (primary N) is 1. The van der Waals surface area contributed by atoms with Crippen molar-refractivity contribution in [2.75, 3.05) is 19.0 Å². The lowest BCUT2D eigenvalue weighted by Crippen LogP contribution is -2.22. The Morgan fingerprint density at radius 3 is 2.52 bits per heavy atom. The molecular weight excluding hydrogens is 366 g/mol. The smallest absolute Gasteiger partial charge is 0.193 e. The molecule has 2 rings (SSSR count). The molecule has 0 saturated heterocycles. The zero-order valence-corrected chi connectivity index (χ0v) is 16.8. The third-order valence-electron chi connectivity index (χ3n) is 3.51. The average Bonchev–Trinajstić information content (AvgIpc) is 2.63. The molecule has 6 nitrogen and oxygen atoms in total. The van der Waals surface area contributed by atoms with Gasteiger partial charge in [0.1, 0.15) is 5.75 Å². The van der Waals surface area contributed by atoms with E-state index in [1.165, 1.54) is 0 Å². The van der Waals surface area contributed by atoms with E-state index < -0.39 is 0 Å². The molecule has 0 spiro atoms. The zero-order valence-electron chi connectivity index (χ0n) is 16.1. The highest BCUT2D eigenvalue weighted by Gasteiger charge is 2.11. The van der Waals surface area contributed by atoms with Crippen LogP contribution < -0.4 is 25.3 Å². The number of aliphatic imine (C=N–C) groups is 1. The first-order valence-electron chi connectivity index (χ1n) is 8.75. The lowest BCUT2D eigenvalue weighted by molar-refractivity contribution is 0.242. The summed E-state index contributed by atoms with van der Waals surface area (Å²) >= 11 is 6.28. The molecule has 0 amide bonds. The number of halogens is 1. The SMILES string of the molecule is CCOc1c(Cl)cc(CN=C(N)Nc2ccc(OC(C)C)cc2)cc1OC. The van der Waals surface area contributed by atoms with Gasteiger partial charge in [-0.2, -0.15) is 0 Å². The van der Waals surface area contributed by atoms with Crippen LogP contribution in [-0.4, -0.2) is 25.8 Å². The van der Waals surface area contributed by atoms with E-state index in [-0.39, 0.29) is 6.10 Å². The van der Waals surface area contributed by atoms with Gasteiger partial charge in [0.2, 0.25) is 0 Å². The fourth-order valence-corrected chi connectivity index (χ4v) is 2.69. The van der Waals surface area contributed by atoms with Crippen LogP contribution in [0.4, 0.5) is 5.69 Å². The Morgan fingerprint density at radius 2 is 1.93 bits per heavy atom.